The summed E-state index contributed by atoms with van der Waals surface area (Å²) in [4.78, 5) is 2.53. The zero-order valence-electron chi connectivity index (χ0n) is 29.6. The monoisotopic (exact) mass is 909 g/mol. The molecule has 3 heterocycles. The van der Waals surface area contributed by atoms with Gasteiger partial charge in [-0.3, -0.25) is 0 Å². The van der Waals surface area contributed by atoms with Crippen LogP contribution < -0.4 is 57.1 Å². The van der Waals surface area contributed by atoms with E-state index in [2.05, 4.69) is 96.0 Å². The van der Waals surface area contributed by atoms with Crippen LogP contribution in [0, 0.1) is 13.8 Å². The summed E-state index contributed by atoms with van der Waals surface area (Å²) < 4.78 is 5.11. The third-order valence-corrected chi connectivity index (χ3v) is 11.9. The van der Waals surface area contributed by atoms with Gasteiger partial charge >= 0.3 is 0 Å². The van der Waals surface area contributed by atoms with Crippen molar-refractivity contribution in [3.05, 3.63) is 66.5 Å². The lowest BCUT2D eigenvalue weighted by molar-refractivity contribution is -0.700. The first-order chi connectivity index (χ1) is 21.5. The van der Waals surface area contributed by atoms with Gasteiger partial charge in [0.15, 0.2) is 11.4 Å². The minimum Gasteiger partial charge on any atom is -1.00 e. The predicted molar refractivity (Wildman–Crippen MR) is 198 cm³/mol. The standard InChI is InChI=1S/C38H61N3S3.2HI/c1-7-10-13-16-19-26-39-32(4)29-42-36(39)24-22-35(38-41(34(6)31-44-38)28-21-18-15-12-9-3)23-25-37-40(33(5)30-43-37)27-20-17-14-11-8-2;;/h22-25,29-31H,7-21,26-28H2,1-6H3;2*1H/q+2;;/p-2. The molecule has 0 amide bonds. The quantitative estimate of drug-likeness (QED) is 0.0645. The lowest BCUT2D eigenvalue weighted by Crippen LogP contribution is -3.00. The van der Waals surface area contributed by atoms with Crippen molar-refractivity contribution in [1.29, 1.82) is 0 Å². The van der Waals surface area contributed by atoms with Gasteiger partial charge in [-0.2, -0.15) is 9.13 Å². The number of hydrogen-bond acceptors (Lipinski definition) is 4. The molecule has 0 aliphatic carbocycles. The summed E-state index contributed by atoms with van der Waals surface area (Å²) in [7, 11) is 0. The number of aromatic nitrogens is 2. The second-order valence-corrected chi connectivity index (χ2v) is 15.1. The van der Waals surface area contributed by atoms with Gasteiger partial charge in [0.05, 0.1) is 21.4 Å². The molecule has 260 valence electrons. The Morgan fingerprint density at radius 2 is 1.24 bits per heavy atom. The zero-order chi connectivity index (χ0) is 31.6. The van der Waals surface area contributed by atoms with E-state index in [9.17, 15) is 0 Å². The molecule has 0 saturated carbocycles. The van der Waals surface area contributed by atoms with Crippen LogP contribution in [0.1, 0.15) is 145 Å². The Morgan fingerprint density at radius 3 is 1.87 bits per heavy atom. The maximum Gasteiger partial charge on any atom is 0.269 e. The third kappa shape index (κ3) is 14.8. The number of aryl methyl sites for hydroxylation is 2. The number of thioether (sulfide) groups is 1. The minimum absolute atomic E-state index is 0. The highest BCUT2D eigenvalue weighted by Gasteiger charge is 2.22. The number of allylic oxidation sites excluding steroid dienone is 5. The van der Waals surface area contributed by atoms with Crippen molar-refractivity contribution in [2.75, 3.05) is 6.54 Å². The summed E-state index contributed by atoms with van der Waals surface area (Å²) >= 11 is 5.66. The van der Waals surface area contributed by atoms with E-state index in [1.165, 1.54) is 134 Å². The molecule has 0 atom stereocenters. The molecule has 1 aliphatic rings. The fourth-order valence-corrected chi connectivity index (χ4v) is 8.70. The number of nitrogens with zero attached hydrogens (tertiary/aromatic N) is 3. The minimum atomic E-state index is 0. The molecule has 0 bridgehead atoms. The molecule has 0 radical (unpaired) electrons. The zero-order valence-corrected chi connectivity index (χ0v) is 36.4. The first-order valence-electron chi connectivity index (χ1n) is 17.7. The number of thiazole rings is 2. The van der Waals surface area contributed by atoms with E-state index < -0.39 is 0 Å². The lowest BCUT2D eigenvalue weighted by atomic mass is 10.1. The average molecular weight is 910 g/mol. The fourth-order valence-electron chi connectivity index (χ4n) is 5.80. The molecule has 3 rings (SSSR count). The molecule has 0 saturated heterocycles. The maximum absolute atomic E-state index is 2.57. The first kappa shape index (κ1) is 43.9. The van der Waals surface area contributed by atoms with Gasteiger partial charge in [-0.25, -0.2) is 0 Å². The van der Waals surface area contributed by atoms with Gasteiger partial charge in [0.25, 0.3) is 10.0 Å². The molecular weight excluding hydrogens is 848 g/mol. The molecule has 8 heteroatoms. The molecule has 2 aromatic rings. The van der Waals surface area contributed by atoms with Gasteiger partial charge in [0, 0.05) is 45.0 Å². The van der Waals surface area contributed by atoms with E-state index in [-0.39, 0.29) is 48.0 Å². The van der Waals surface area contributed by atoms with Crippen molar-refractivity contribution >= 4 is 46.1 Å². The lowest BCUT2D eigenvalue weighted by Gasteiger charge is -2.21. The third-order valence-electron chi connectivity index (χ3n) is 8.61. The molecule has 0 fully saturated rings. The van der Waals surface area contributed by atoms with Crippen molar-refractivity contribution in [1.82, 2.24) is 4.90 Å². The van der Waals surface area contributed by atoms with Gasteiger partial charge < -0.3 is 52.9 Å². The Kier molecular flexibility index (Phi) is 24.5. The van der Waals surface area contributed by atoms with Crippen LogP contribution in [-0.2, 0) is 13.1 Å². The van der Waals surface area contributed by atoms with Gasteiger partial charge in [0.2, 0.25) is 0 Å². The second-order valence-electron chi connectivity index (χ2n) is 12.4. The summed E-state index contributed by atoms with van der Waals surface area (Å²) in [5.74, 6) is 0. The molecule has 0 N–H and O–H groups in total. The van der Waals surface area contributed by atoms with Gasteiger partial charge in [-0.05, 0) is 49.8 Å². The maximum atomic E-state index is 2.57. The molecule has 46 heavy (non-hydrogen) atoms. The Bertz CT molecular complexity index is 1240. The average Bonchev–Trinajstić information content (AvgIpc) is 3.69. The molecule has 3 nitrogen and oxygen atoms in total. The van der Waals surface area contributed by atoms with Crippen molar-refractivity contribution in [3.8, 4) is 0 Å². The SMILES string of the molecule is CCCCCCCN1C(C)=CS\C1=C/C=C(/C=C/c1scc(C)[n+]1CCCCCCC)c1scc(C)[n+]1CCCCCCC.[I-].[I-]. The van der Waals surface area contributed by atoms with Crippen LogP contribution in [0.4, 0.5) is 0 Å². The summed E-state index contributed by atoms with van der Waals surface area (Å²) in [5.41, 5.74) is 5.46. The second kappa shape index (κ2) is 25.8. The predicted octanol–water partition coefficient (Wildman–Crippen LogP) is 5.77. The molecule has 2 aromatic heterocycles. The number of halogens is 2. The highest BCUT2D eigenvalue weighted by molar-refractivity contribution is 8.06. The Balaban J connectivity index is 0.00000529. The van der Waals surface area contributed by atoms with Crippen LogP contribution in [0.2, 0.25) is 0 Å². The molecule has 0 aromatic carbocycles. The topological polar surface area (TPSA) is 11.0 Å². The molecular formula is C38H61I2N3S3. The first-order valence-corrected chi connectivity index (χ1v) is 20.3. The van der Waals surface area contributed by atoms with Gasteiger partial charge in [-0.1, -0.05) is 119 Å². The van der Waals surface area contributed by atoms with E-state index >= 15 is 0 Å². The summed E-state index contributed by atoms with van der Waals surface area (Å²) in [6, 6.07) is 0. The highest BCUT2D eigenvalue weighted by atomic mass is 127. The van der Waals surface area contributed by atoms with Crippen molar-refractivity contribution in [2.24, 2.45) is 0 Å². The molecule has 0 unspecified atom stereocenters. The van der Waals surface area contributed by atoms with Crippen molar-refractivity contribution in [2.45, 2.75) is 151 Å². The summed E-state index contributed by atoms with van der Waals surface area (Å²) in [5, 5.41) is 11.1. The molecule has 0 spiro atoms. The van der Waals surface area contributed by atoms with Crippen molar-refractivity contribution < 1.29 is 57.1 Å². The molecule has 1 aliphatic heterocycles. The van der Waals surface area contributed by atoms with Crippen LogP contribution >= 0.6 is 34.4 Å². The van der Waals surface area contributed by atoms with Crippen LogP contribution in [0.3, 0.4) is 0 Å². The summed E-state index contributed by atoms with van der Waals surface area (Å²) in [6.45, 7) is 17.0. The van der Waals surface area contributed by atoms with E-state index in [1.54, 1.807) is 0 Å². The van der Waals surface area contributed by atoms with E-state index in [0.29, 0.717) is 0 Å². The Hall–Kier alpha value is -0.170. The number of hydrogen-bond donors (Lipinski definition) is 0. The van der Waals surface area contributed by atoms with Gasteiger partial charge in [0.1, 0.15) is 13.1 Å². The number of unbranched alkanes of at least 4 members (excludes halogenated alkanes) is 12. The highest BCUT2D eigenvalue weighted by Crippen LogP contribution is 2.35. The van der Waals surface area contributed by atoms with E-state index in [0.717, 1.165) is 19.6 Å². The Labute approximate surface area is 329 Å². The smallest absolute Gasteiger partial charge is 0.269 e. The van der Waals surface area contributed by atoms with Crippen LogP contribution in [0.5, 0.6) is 0 Å². The van der Waals surface area contributed by atoms with Gasteiger partial charge in [-0.15, -0.1) is 0 Å². The number of rotatable bonds is 22. The van der Waals surface area contributed by atoms with E-state index in [1.807, 2.05) is 34.4 Å². The van der Waals surface area contributed by atoms with Crippen LogP contribution in [0.15, 0.2) is 45.1 Å². The van der Waals surface area contributed by atoms with Crippen LogP contribution in [0.25, 0.3) is 11.6 Å². The largest absolute Gasteiger partial charge is 1.00 e. The van der Waals surface area contributed by atoms with E-state index in [4.69, 9.17) is 0 Å². The fraction of sp³-hybridized carbons (Fsp3) is 0.632. The van der Waals surface area contributed by atoms with Crippen molar-refractivity contribution in [3.63, 3.8) is 0 Å². The normalized spacial score (nSPS) is 14.3. The Morgan fingerprint density at radius 1 is 0.696 bits per heavy atom. The summed E-state index contributed by atoms with van der Waals surface area (Å²) in [6.07, 6.45) is 29.3. The van der Waals surface area contributed by atoms with Crippen LogP contribution in [-0.4, -0.2) is 11.4 Å².